The van der Waals surface area contributed by atoms with E-state index in [4.69, 9.17) is 0 Å². The lowest BCUT2D eigenvalue weighted by Crippen LogP contribution is -2.42. The summed E-state index contributed by atoms with van der Waals surface area (Å²) in [6.45, 7) is 6.91. The molecule has 84 valence electrons. The molecule has 0 aromatic heterocycles. The molecule has 0 atom stereocenters. The minimum atomic E-state index is -0.226. The number of hydrogen-bond donors (Lipinski definition) is 1. The maximum Gasteiger partial charge on any atom is 0.317 e. The van der Waals surface area contributed by atoms with Gasteiger partial charge in [-0.2, -0.15) is 0 Å². The van der Waals surface area contributed by atoms with Crippen molar-refractivity contribution in [2.75, 3.05) is 19.6 Å². The molecule has 0 aliphatic carbocycles. The smallest absolute Gasteiger partial charge is 0.317 e. The predicted octanol–water partition coefficient (Wildman–Crippen LogP) is 2.22. The average Bonchev–Trinajstić information content (AvgIpc) is 2.17. The lowest BCUT2D eigenvalue weighted by molar-refractivity contribution is 0.197. The van der Waals surface area contributed by atoms with Crippen molar-refractivity contribution in [3.05, 3.63) is 24.1 Å². The Kier molecular flexibility index (Phi) is 4.34. The van der Waals surface area contributed by atoms with E-state index in [-0.39, 0.29) is 18.4 Å². The molecule has 2 amide bonds. The largest absolute Gasteiger partial charge is 0.338 e. The fourth-order valence-electron chi connectivity index (χ4n) is 1.37. The summed E-state index contributed by atoms with van der Waals surface area (Å²) in [7, 11) is 0. The minimum Gasteiger partial charge on any atom is -0.338 e. The number of amides is 2. The van der Waals surface area contributed by atoms with Gasteiger partial charge >= 0.3 is 6.03 Å². The van der Waals surface area contributed by atoms with Crippen molar-refractivity contribution in [1.29, 1.82) is 0 Å². The molecule has 4 heteroatoms. The highest BCUT2D eigenvalue weighted by Gasteiger charge is 2.17. The Bertz CT molecular complexity index is 286. The van der Waals surface area contributed by atoms with Crippen LogP contribution in [0.3, 0.4) is 0 Å². The van der Waals surface area contributed by atoms with Crippen LogP contribution in [-0.4, -0.2) is 30.6 Å². The Morgan fingerprint density at radius 2 is 2.47 bits per heavy atom. The van der Waals surface area contributed by atoms with E-state index in [1.165, 1.54) is 11.0 Å². The molecule has 0 radical (unpaired) electrons. The van der Waals surface area contributed by atoms with Gasteiger partial charge in [-0.3, -0.25) is 0 Å². The molecule has 1 aliphatic rings. The van der Waals surface area contributed by atoms with Gasteiger partial charge in [0.2, 0.25) is 0 Å². The molecule has 0 spiro atoms. The highest BCUT2D eigenvalue weighted by molar-refractivity contribution is 5.74. The van der Waals surface area contributed by atoms with Gasteiger partial charge in [0.1, 0.15) is 5.83 Å². The number of nitrogens with one attached hydrogen (secondary N) is 1. The molecule has 15 heavy (non-hydrogen) atoms. The molecular weight excluding hydrogens is 195 g/mol. The van der Waals surface area contributed by atoms with Crippen LogP contribution in [0.5, 0.6) is 0 Å². The van der Waals surface area contributed by atoms with Crippen molar-refractivity contribution in [3.63, 3.8) is 0 Å². The number of nitrogens with zero attached hydrogens (tertiary/aromatic N) is 1. The number of carbonyl (C=O) groups is 1. The van der Waals surface area contributed by atoms with Crippen molar-refractivity contribution in [3.8, 4) is 0 Å². The van der Waals surface area contributed by atoms with E-state index >= 15 is 0 Å². The maximum atomic E-state index is 12.9. The topological polar surface area (TPSA) is 32.3 Å². The Morgan fingerprint density at radius 1 is 1.73 bits per heavy atom. The monoisotopic (exact) mass is 212 g/mol. The van der Waals surface area contributed by atoms with Crippen LogP contribution < -0.4 is 5.32 Å². The van der Waals surface area contributed by atoms with Crippen LogP contribution in [0.25, 0.3) is 0 Å². The van der Waals surface area contributed by atoms with Gasteiger partial charge in [-0.15, -0.1) is 6.58 Å². The highest BCUT2D eigenvalue weighted by atomic mass is 19.1. The summed E-state index contributed by atoms with van der Waals surface area (Å²) in [5, 5.41) is 2.74. The van der Waals surface area contributed by atoms with Gasteiger partial charge in [0.15, 0.2) is 0 Å². The minimum absolute atomic E-state index is 0.0961. The van der Waals surface area contributed by atoms with Gasteiger partial charge in [0.25, 0.3) is 0 Å². The van der Waals surface area contributed by atoms with Crippen LogP contribution in [0.1, 0.15) is 19.8 Å². The first-order chi connectivity index (χ1) is 7.09. The molecule has 1 N–H and O–H groups in total. The summed E-state index contributed by atoms with van der Waals surface area (Å²) < 4.78 is 12.9. The first-order valence-electron chi connectivity index (χ1n) is 5.11. The third-order valence-corrected chi connectivity index (χ3v) is 2.22. The molecule has 0 fully saturated rings. The molecule has 0 saturated carbocycles. The summed E-state index contributed by atoms with van der Waals surface area (Å²) >= 11 is 0. The van der Waals surface area contributed by atoms with Crippen molar-refractivity contribution in [2.45, 2.75) is 19.8 Å². The van der Waals surface area contributed by atoms with Crippen LogP contribution in [0.2, 0.25) is 0 Å². The fourth-order valence-corrected chi connectivity index (χ4v) is 1.37. The van der Waals surface area contributed by atoms with E-state index in [1.54, 1.807) is 0 Å². The Labute approximate surface area is 89.6 Å². The second-order valence-electron chi connectivity index (χ2n) is 3.80. The zero-order chi connectivity index (χ0) is 11.3. The number of halogens is 1. The van der Waals surface area contributed by atoms with Gasteiger partial charge in [0.05, 0.1) is 6.54 Å². The molecule has 0 saturated heterocycles. The van der Waals surface area contributed by atoms with Crippen molar-refractivity contribution in [2.24, 2.45) is 0 Å². The average molecular weight is 212 g/mol. The number of rotatable bonds is 3. The predicted molar refractivity (Wildman–Crippen MR) is 58.2 cm³/mol. The third-order valence-electron chi connectivity index (χ3n) is 2.22. The van der Waals surface area contributed by atoms with Gasteiger partial charge < -0.3 is 10.2 Å². The summed E-state index contributed by atoms with van der Waals surface area (Å²) in [4.78, 5) is 13.0. The van der Waals surface area contributed by atoms with Gasteiger partial charge in [-0.05, 0) is 25.8 Å². The zero-order valence-corrected chi connectivity index (χ0v) is 9.05. The maximum absolute atomic E-state index is 12.9. The van der Waals surface area contributed by atoms with Crippen LogP contribution in [0.15, 0.2) is 24.1 Å². The molecule has 1 aliphatic heterocycles. The van der Waals surface area contributed by atoms with Crippen molar-refractivity contribution >= 4 is 6.03 Å². The van der Waals surface area contributed by atoms with Gasteiger partial charge in [-0.25, -0.2) is 9.18 Å². The van der Waals surface area contributed by atoms with Crippen LogP contribution in [0.4, 0.5) is 9.18 Å². The van der Waals surface area contributed by atoms with Crippen LogP contribution in [0, 0.1) is 0 Å². The van der Waals surface area contributed by atoms with E-state index in [2.05, 4.69) is 11.9 Å². The van der Waals surface area contributed by atoms with Gasteiger partial charge in [0, 0.05) is 13.1 Å². The molecule has 0 unspecified atom stereocenters. The van der Waals surface area contributed by atoms with Gasteiger partial charge in [-0.1, -0.05) is 5.57 Å². The van der Waals surface area contributed by atoms with E-state index in [0.717, 1.165) is 12.0 Å². The zero-order valence-electron chi connectivity index (χ0n) is 9.05. The first-order valence-corrected chi connectivity index (χ1v) is 5.11. The Hall–Kier alpha value is -1.32. The molecule has 0 aromatic carbocycles. The summed E-state index contributed by atoms with van der Waals surface area (Å²) in [6.07, 6.45) is 2.88. The normalized spacial score (nSPS) is 15.9. The molecular formula is C11H17FN2O. The molecule has 1 heterocycles. The third kappa shape index (κ3) is 4.14. The molecule has 0 bridgehead atoms. The summed E-state index contributed by atoms with van der Waals surface area (Å²) in [5.41, 5.74) is 1.03. The second kappa shape index (κ2) is 5.53. The van der Waals surface area contributed by atoms with Crippen molar-refractivity contribution in [1.82, 2.24) is 10.2 Å². The molecule has 3 nitrogen and oxygen atoms in total. The molecule has 1 rings (SSSR count). The number of hydrogen-bond acceptors (Lipinski definition) is 1. The summed E-state index contributed by atoms with van der Waals surface area (Å²) in [5.74, 6) is -0.226. The highest BCUT2D eigenvalue weighted by Crippen LogP contribution is 2.10. The van der Waals surface area contributed by atoms with Crippen LogP contribution >= 0.6 is 0 Å². The lowest BCUT2D eigenvalue weighted by atomic mass is 10.2. The van der Waals surface area contributed by atoms with E-state index in [9.17, 15) is 9.18 Å². The summed E-state index contributed by atoms with van der Waals surface area (Å²) in [6, 6.07) is -0.195. The quantitative estimate of drug-likeness (QED) is 0.715. The van der Waals surface area contributed by atoms with Crippen LogP contribution in [-0.2, 0) is 0 Å². The molecule has 0 aromatic rings. The Morgan fingerprint density at radius 3 is 3.07 bits per heavy atom. The second-order valence-corrected chi connectivity index (χ2v) is 3.80. The SMILES string of the molecule is C=C(C)CCNC(=O)N1CCC=C(F)C1. The standard InChI is InChI=1S/C11H17FN2O/c1-9(2)5-6-13-11(15)14-7-3-4-10(12)8-14/h4H,1,3,5-8H2,2H3,(H,13,15). The number of urea groups is 1. The number of carbonyl (C=O) groups excluding carboxylic acids is 1. The van der Waals surface area contributed by atoms with Crippen molar-refractivity contribution < 1.29 is 9.18 Å². The fraction of sp³-hybridized carbons (Fsp3) is 0.545. The van der Waals surface area contributed by atoms with E-state index in [0.29, 0.717) is 19.5 Å². The lowest BCUT2D eigenvalue weighted by Gasteiger charge is -2.24. The Balaban J connectivity index is 2.28. The van der Waals surface area contributed by atoms with E-state index < -0.39 is 0 Å². The van der Waals surface area contributed by atoms with E-state index in [1.807, 2.05) is 6.92 Å². The first kappa shape index (κ1) is 11.8.